The number of rotatable bonds is 5. The summed E-state index contributed by atoms with van der Waals surface area (Å²) in [6.45, 7) is 9.21. The predicted octanol–water partition coefficient (Wildman–Crippen LogP) is 3.97. The second-order valence-corrected chi connectivity index (χ2v) is 8.15. The van der Waals surface area contributed by atoms with Crippen molar-refractivity contribution in [1.82, 2.24) is 24.5 Å². The van der Waals surface area contributed by atoms with Gasteiger partial charge in [0.1, 0.15) is 0 Å². The van der Waals surface area contributed by atoms with E-state index >= 15 is 0 Å². The molecule has 1 atom stereocenters. The first-order chi connectivity index (χ1) is 14.0. The first kappa shape index (κ1) is 19.5. The Hall–Kier alpha value is -2.80. The largest absolute Gasteiger partial charge is 0.353 e. The molecular weight excluding hydrogens is 362 g/mol. The number of fused-ring (bicyclic) bond motifs is 1. The van der Waals surface area contributed by atoms with Crippen LogP contribution < -0.4 is 5.32 Å². The lowest BCUT2D eigenvalue weighted by molar-refractivity contribution is 0.217. The zero-order valence-corrected chi connectivity index (χ0v) is 17.7. The molecule has 4 heterocycles. The van der Waals surface area contributed by atoms with Crippen molar-refractivity contribution in [3.63, 3.8) is 0 Å². The van der Waals surface area contributed by atoms with Gasteiger partial charge >= 0.3 is 0 Å². The van der Waals surface area contributed by atoms with Crippen LogP contribution in [-0.2, 0) is 0 Å². The van der Waals surface area contributed by atoms with E-state index in [1.807, 2.05) is 55.9 Å². The maximum absolute atomic E-state index is 4.75. The van der Waals surface area contributed by atoms with Crippen molar-refractivity contribution in [2.45, 2.75) is 33.6 Å². The van der Waals surface area contributed by atoms with E-state index in [0.29, 0.717) is 11.9 Å². The second kappa shape index (κ2) is 8.29. The zero-order valence-electron chi connectivity index (χ0n) is 17.7. The van der Waals surface area contributed by atoms with Gasteiger partial charge in [-0.15, -0.1) is 5.10 Å². The number of anilines is 1. The first-order valence-corrected chi connectivity index (χ1v) is 10.3. The Morgan fingerprint density at radius 3 is 2.90 bits per heavy atom. The highest BCUT2D eigenvalue weighted by molar-refractivity contribution is 5.83. The van der Waals surface area contributed by atoms with Gasteiger partial charge in [-0.05, 0) is 71.3 Å². The molecule has 1 unspecified atom stereocenters. The summed E-state index contributed by atoms with van der Waals surface area (Å²) in [4.78, 5) is 16.2. The Labute approximate surface area is 171 Å². The molecule has 3 aromatic heterocycles. The summed E-state index contributed by atoms with van der Waals surface area (Å²) in [7, 11) is 2.19. The fourth-order valence-corrected chi connectivity index (χ4v) is 3.94. The molecule has 0 saturated carbocycles. The molecule has 0 bridgehead atoms. The van der Waals surface area contributed by atoms with Gasteiger partial charge in [0.2, 0.25) is 5.95 Å². The minimum Gasteiger partial charge on any atom is -0.353 e. The average Bonchev–Trinajstić information content (AvgIpc) is 3.11. The number of aryl methyl sites for hydroxylation is 1. The summed E-state index contributed by atoms with van der Waals surface area (Å²) < 4.78 is 1.87. The average molecular weight is 392 g/mol. The SMILES string of the molecule is CC(C)=Nc1ccc(-c2ccn3nc(NCC4CCCN(C)C4)ncc23)nc1C. The Balaban J connectivity index is 1.52. The van der Waals surface area contributed by atoms with Crippen LogP contribution in [0.4, 0.5) is 11.6 Å². The van der Waals surface area contributed by atoms with Crippen LogP contribution in [0.25, 0.3) is 16.8 Å². The molecule has 0 radical (unpaired) electrons. The van der Waals surface area contributed by atoms with Crippen molar-refractivity contribution >= 4 is 22.9 Å². The molecule has 152 valence electrons. The number of piperidine rings is 1. The molecule has 7 heteroatoms. The van der Waals surface area contributed by atoms with E-state index in [0.717, 1.165) is 47.0 Å². The standard InChI is InChI=1S/C22H29N7/c1-15(2)25-19-7-8-20(26-16(19)3)18-9-11-29-21(18)13-24-22(27-29)23-12-17-6-5-10-28(4)14-17/h7-9,11,13,17H,5-6,10,12,14H2,1-4H3,(H,23,27). The van der Waals surface area contributed by atoms with Crippen molar-refractivity contribution in [3.05, 3.63) is 36.3 Å². The number of nitrogens with zero attached hydrogens (tertiary/aromatic N) is 6. The van der Waals surface area contributed by atoms with Crippen molar-refractivity contribution in [1.29, 1.82) is 0 Å². The molecule has 0 amide bonds. The number of nitrogens with one attached hydrogen (secondary N) is 1. The van der Waals surface area contributed by atoms with Crippen LogP contribution in [0.5, 0.6) is 0 Å². The van der Waals surface area contributed by atoms with Crippen molar-refractivity contribution < 1.29 is 0 Å². The van der Waals surface area contributed by atoms with E-state index in [1.54, 1.807) is 0 Å². The highest BCUT2D eigenvalue weighted by Gasteiger charge is 2.17. The lowest BCUT2D eigenvalue weighted by Gasteiger charge is -2.29. The molecule has 29 heavy (non-hydrogen) atoms. The van der Waals surface area contributed by atoms with Crippen LogP contribution in [0.3, 0.4) is 0 Å². The van der Waals surface area contributed by atoms with Gasteiger partial charge in [-0.1, -0.05) is 0 Å². The molecule has 1 aliphatic heterocycles. The van der Waals surface area contributed by atoms with Crippen LogP contribution >= 0.6 is 0 Å². The predicted molar refractivity (Wildman–Crippen MR) is 118 cm³/mol. The lowest BCUT2D eigenvalue weighted by Crippen LogP contribution is -2.35. The molecule has 3 aromatic rings. The van der Waals surface area contributed by atoms with E-state index in [1.165, 1.54) is 19.4 Å². The zero-order chi connectivity index (χ0) is 20.4. The van der Waals surface area contributed by atoms with E-state index in [9.17, 15) is 0 Å². The van der Waals surface area contributed by atoms with E-state index in [2.05, 4.69) is 32.3 Å². The Bertz CT molecular complexity index is 1030. The smallest absolute Gasteiger partial charge is 0.241 e. The maximum Gasteiger partial charge on any atom is 0.241 e. The van der Waals surface area contributed by atoms with Gasteiger partial charge < -0.3 is 10.2 Å². The van der Waals surface area contributed by atoms with E-state index in [-0.39, 0.29) is 0 Å². The molecule has 0 aromatic carbocycles. The fourth-order valence-electron chi connectivity index (χ4n) is 3.94. The maximum atomic E-state index is 4.75. The molecule has 0 aliphatic carbocycles. The van der Waals surface area contributed by atoms with Gasteiger partial charge in [-0.3, -0.25) is 9.98 Å². The van der Waals surface area contributed by atoms with Crippen LogP contribution in [0.2, 0.25) is 0 Å². The third kappa shape index (κ3) is 4.45. The third-order valence-electron chi connectivity index (χ3n) is 5.37. The molecule has 0 spiro atoms. The quantitative estimate of drug-likeness (QED) is 0.667. The van der Waals surface area contributed by atoms with E-state index in [4.69, 9.17) is 4.98 Å². The highest BCUT2D eigenvalue weighted by Crippen LogP contribution is 2.27. The van der Waals surface area contributed by atoms with Crippen LogP contribution in [0.15, 0.2) is 35.6 Å². The summed E-state index contributed by atoms with van der Waals surface area (Å²) in [6, 6.07) is 6.07. The summed E-state index contributed by atoms with van der Waals surface area (Å²) in [5.74, 6) is 1.31. The number of aliphatic imine (C=N–C) groups is 1. The minimum absolute atomic E-state index is 0.647. The number of pyridine rings is 1. The molecule has 4 rings (SSSR count). The normalized spacial score (nSPS) is 17.4. The van der Waals surface area contributed by atoms with Crippen molar-refractivity contribution in [2.24, 2.45) is 10.9 Å². The fraction of sp³-hybridized carbons (Fsp3) is 0.455. The Morgan fingerprint density at radius 1 is 1.28 bits per heavy atom. The summed E-state index contributed by atoms with van der Waals surface area (Å²) in [6.07, 6.45) is 6.36. The lowest BCUT2D eigenvalue weighted by atomic mass is 9.99. The minimum atomic E-state index is 0.647. The Morgan fingerprint density at radius 2 is 2.14 bits per heavy atom. The van der Waals surface area contributed by atoms with Gasteiger partial charge in [-0.2, -0.15) is 0 Å². The number of hydrogen-bond donors (Lipinski definition) is 1. The van der Waals surface area contributed by atoms with Crippen LogP contribution in [-0.4, -0.2) is 56.9 Å². The number of likely N-dealkylation sites (tertiary alicyclic amines) is 1. The van der Waals surface area contributed by atoms with Gasteiger partial charge in [0.15, 0.2) is 0 Å². The van der Waals surface area contributed by atoms with Crippen LogP contribution in [0, 0.1) is 12.8 Å². The third-order valence-corrected chi connectivity index (χ3v) is 5.37. The molecule has 1 fully saturated rings. The van der Waals surface area contributed by atoms with Gasteiger partial charge in [-0.25, -0.2) is 9.50 Å². The first-order valence-electron chi connectivity index (χ1n) is 10.3. The second-order valence-electron chi connectivity index (χ2n) is 8.15. The molecular formula is C22H29N7. The van der Waals surface area contributed by atoms with E-state index < -0.39 is 0 Å². The number of hydrogen-bond acceptors (Lipinski definition) is 6. The van der Waals surface area contributed by atoms with Crippen LogP contribution in [0.1, 0.15) is 32.4 Å². The molecule has 1 N–H and O–H groups in total. The van der Waals surface area contributed by atoms with Crippen molar-refractivity contribution in [2.75, 3.05) is 32.0 Å². The summed E-state index contributed by atoms with van der Waals surface area (Å²) in [5, 5.41) is 8.05. The van der Waals surface area contributed by atoms with Gasteiger partial charge in [0.05, 0.1) is 28.8 Å². The number of aromatic nitrogens is 4. The van der Waals surface area contributed by atoms with Crippen molar-refractivity contribution in [3.8, 4) is 11.3 Å². The monoisotopic (exact) mass is 391 g/mol. The summed E-state index contributed by atoms with van der Waals surface area (Å²) in [5.41, 5.74) is 5.73. The summed E-state index contributed by atoms with van der Waals surface area (Å²) >= 11 is 0. The molecule has 1 saturated heterocycles. The van der Waals surface area contributed by atoms with Gasteiger partial charge in [0, 0.05) is 30.6 Å². The Kier molecular flexibility index (Phi) is 5.58. The topological polar surface area (TPSA) is 70.7 Å². The molecule has 1 aliphatic rings. The van der Waals surface area contributed by atoms with Gasteiger partial charge in [0.25, 0.3) is 0 Å². The molecule has 7 nitrogen and oxygen atoms in total. The highest BCUT2D eigenvalue weighted by atomic mass is 15.3.